The van der Waals surface area contributed by atoms with Crippen molar-refractivity contribution in [1.82, 2.24) is 9.80 Å². The van der Waals surface area contributed by atoms with Gasteiger partial charge in [-0.05, 0) is 57.4 Å². The monoisotopic (exact) mass is 418 g/mol. The van der Waals surface area contributed by atoms with E-state index < -0.39 is 0 Å². The predicted molar refractivity (Wildman–Crippen MR) is 127 cm³/mol. The summed E-state index contributed by atoms with van der Waals surface area (Å²) in [5.74, 6) is 1.15. The zero-order valence-corrected chi connectivity index (χ0v) is 18.7. The average molecular weight is 419 g/mol. The quantitative estimate of drug-likeness (QED) is 0.758. The fraction of sp³-hybridized carbons (Fsp3) is 0.400. The van der Waals surface area contributed by atoms with Gasteiger partial charge in [0.15, 0.2) is 0 Å². The van der Waals surface area contributed by atoms with Crippen LogP contribution in [0.2, 0.25) is 0 Å². The number of amidine groups is 1. The summed E-state index contributed by atoms with van der Waals surface area (Å²) < 4.78 is 0. The zero-order valence-electron chi connectivity index (χ0n) is 17.9. The van der Waals surface area contributed by atoms with Gasteiger partial charge in [0.25, 0.3) is 0 Å². The number of allylic oxidation sites excluding steroid dienone is 3. The van der Waals surface area contributed by atoms with Crippen LogP contribution in [0.4, 0.5) is 5.00 Å². The first kappa shape index (κ1) is 19.6. The van der Waals surface area contributed by atoms with E-state index in [0.717, 1.165) is 50.4 Å². The molecule has 5 heteroatoms. The predicted octanol–water partition coefficient (Wildman–Crippen LogP) is 5.04. The minimum atomic E-state index is 0.538. The van der Waals surface area contributed by atoms with Gasteiger partial charge in [0, 0.05) is 36.3 Å². The molecule has 0 saturated carbocycles. The fourth-order valence-electron chi connectivity index (χ4n) is 4.64. The van der Waals surface area contributed by atoms with Crippen LogP contribution < -0.4 is 5.32 Å². The Balaban J connectivity index is 1.41. The van der Waals surface area contributed by atoms with Gasteiger partial charge < -0.3 is 10.2 Å². The van der Waals surface area contributed by atoms with Crippen molar-refractivity contribution in [2.24, 2.45) is 4.99 Å². The summed E-state index contributed by atoms with van der Waals surface area (Å²) in [7, 11) is 2.27. The van der Waals surface area contributed by atoms with Gasteiger partial charge in [-0.25, -0.2) is 4.99 Å². The van der Waals surface area contributed by atoms with E-state index in [1.165, 1.54) is 33.1 Å². The largest absolute Gasteiger partial charge is 0.353 e. The molecule has 1 aliphatic carbocycles. The van der Waals surface area contributed by atoms with Crippen molar-refractivity contribution in [2.45, 2.75) is 38.6 Å². The molecule has 0 bridgehead atoms. The van der Waals surface area contributed by atoms with Crippen molar-refractivity contribution in [3.05, 3.63) is 75.9 Å². The smallest absolute Gasteiger partial charge is 0.139 e. The number of thiophene rings is 1. The lowest BCUT2D eigenvalue weighted by atomic mass is 10.0. The molecule has 30 heavy (non-hydrogen) atoms. The van der Waals surface area contributed by atoms with E-state index in [9.17, 15) is 0 Å². The highest BCUT2D eigenvalue weighted by molar-refractivity contribution is 7.16. The number of fused-ring (bicyclic) bond motifs is 1. The van der Waals surface area contributed by atoms with Gasteiger partial charge in [0.1, 0.15) is 10.8 Å². The Morgan fingerprint density at radius 2 is 2.07 bits per heavy atom. The average Bonchev–Trinajstić information content (AvgIpc) is 3.05. The highest BCUT2D eigenvalue weighted by Gasteiger charge is 2.30. The van der Waals surface area contributed by atoms with E-state index in [1.54, 1.807) is 0 Å². The first-order chi connectivity index (χ1) is 14.7. The van der Waals surface area contributed by atoms with Gasteiger partial charge in [0.2, 0.25) is 0 Å². The third-order valence-electron chi connectivity index (χ3n) is 6.42. The van der Waals surface area contributed by atoms with E-state index in [-0.39, 0.29) is 0 Å². The molecule has 0 amide bonds. The number of piperazine rings is 1. The van der Waals surface area contributed by atoms with Gasteiger partial charge in [-0.2, -0.15) is 0 Å². The van der Waals surface area contributed by atoms with E-state index >= 15 is 0 Å². The summed E-state index contributed by atoms with van der Waals surface area (Å²) in [5.41, 5.74) is 5.08. The number of anilines is 1. The Hall–Kier alpha value is -2.37. The summed E-state index contributed by atoms with van der Waals surface area (Å²) in [5, 5.41) is 4.97. The molecule has 3 heterocycles. The lowest BCUT2D eigenvalue weighted by Crippen LogP contribution is -2.53. The number of aryl methyl sites for hydroxylation is 2. The molecule has 1 atom stereocenters. The van der Waals surface area contributed by atoms with Crippen LogP contribution in [0.5, 0.6) is 0 Å². The highest BCUT2D eigenvalue weighted by Crippen LogP contribution is 2.36. The molecule has 2 aliphatic heterocycles. The van der Waals surface area contributed by atoms with E-state index in [0.29, 0.717) is 6.04 Å². The first-order valence-corrected chi connectivity index (χ1v) is 11.8. The molecular weight excluding hydrogens is 388 g/mol. The molecule has 2 aromatic rings. The van der Waals surface area contributed by atoms with Gasteiger partial charge in [-0.3, -0.25) is 4.90 Å². The van der Waals surface area contributed by atoms with Crippen molar-refractivity contribution < 1.29 is 0 Å². The van der Waals surface area contributed by atoms with E-state index in [2.05, 4.69) is 77.6 Å². The fourth-order valence-corrected chi connectivity index (χ4v) is 5.57. The van der Waals surface area contributed by atoms with Crippen LogP contribution in [-0.4, -0.2) is 48.4 Å². The van der Waals surface area contributed by atoms with Crippen LogP contribution in [0.3, 0.4) is 0 Å². The molecule has 3 aliphatic rings. The number of benzene rings is 1. The van der Waals surface area contributed by atoms with Crippen LogP contribution in [0.25, 0.3) is 0 Å². The summed E-state index contributed by atoms with van der Waals surface area (Å²) in [6.07, 6.45) is 8.87. The van der Waals surface area contributed by atoms with Crippen LogP contribution in [-0.2, 0) is 6.42 Å². The Labute approximate surface area is 183 Å². The Kier molecular flexibility index (Phi) is 5.48. The molecule has 1 N–H and O–H groups in total. The second-order valence-corrected chi connectivity index (χ2v) is 9.83. The lowest BCUT2D eigenvalue weighted by molar-refractivity contribution is 0.134. The molecule has 4 nitrogen and oxygen atoms in total. The van der Waals surface area contributed by atoms with Gasteiger partial charge in [-0.1, -0.05) is 36.4 Å². The third kappa shape index (κ3) is 3.96. The van der Waals surface area contributed by atoms with Crippen LogP contribution in [0.1, 0.15) is 35.3 Å². The third-order valence-corrected chi connectivity index (χ3v) is 7.38. The van der Waals surface area contributed by atoms with Gasteiger partial charge in [-0.15, -0.1) is 11.3 Å². The molecule has 0 radical (unpaired) electrons. The summed E-state index contributed by atoms with van der Waals surface area (Å²) >= 11 is 1.85. The van der Waals surface area contributed by atoms with Crippen molar-refractivity contribution in [1.29, 1.82) is 0 Å². The molecule has 1 aromatic heterocycles. The first-order valence-electron chi connectivity index (χ1n) is 11.0. The molecule has 156 valence electrons. The minimum absolute atomic E-state index is 0.538. The number of nitrogens with zero attached hydrogens (tertiary/aromatic N) is 3. The van der Waals surface area contributed by atoms with Crippen LogP contribution >= 0.6 is 11.3 Å². The molecule has 0 spiro atoms. The number of hydrogen-bond acceptors (Lipinski definition) is 5. The minimum Gasteiger partial charge on any atom is -0.353 e. The number of rotatable bonds is 3. The van der Waals surface area contributed by atoms with E-state index in [1.807, 2.05) is 11.3 Å². The molecule has 5 rings (SSSR count). The summed E-state index contributed by atoms with van der Waals surface area (Å²) in [4.78, 5) is 11.6. The molecular formula is C25H30N4S. The van der Waals surface area contributed by atoms with Crippen LogP contribution in [0, 0.1) is 6.92 Å². The molecule has 0 unspecified atom stereocenters. The Morgan fingerprint density at radius 1 is 1.20 bits per heavy atom. The van der Waals surface area contributed by atoms with Crippen LogP contribution in [0.15, 0.2) is 64.9 Å². The van der Waals surface area contributed by atoms with Crippen molar-refractivity contribution in [2.75, 3.05) is 32.0 Å². The summed E-state index contributed by atoms with van der Waals surface area (Å²) in [6, 6.07) is 13.7. The topological polar surface area (TPSA) is 30.9 Å². The number of hydrogen-bond donors (Lipinski definition) is 1. The normalized spacial score (nSPS) is 21.6. The molecule has 1 saturated heterocycles. The van der Waals surface area contributed by atoms with Gasteiger partial charge in [0.05, 0.1) is 11.3 Å². The maximum absolute atomic E-state index is 5.21. The van der Waals surface area contributed by atoms with Gasteiger partial charge >= 0.3 is 0 Å². The maximum atomic E-state index is 5.21. The standard InChI is InChI=1S/C25H30N4S/c1-18-16-21-24(26-22-10-6-7-11-23(22)27-25(21)30-18)29-15-14-28(2)20(17-29)13-12-19-8-4-3-5-9-19/h3-6,8-10,16,20,27H,7,11-15,17H2,1-2H3/t20-/m0/s1. The van der Waals surface area contributed by atoms with Crippen molar-refractivity contribution >= 4 is 22.2 Å². The second kappa shape index (κ2) is 8.40. The zero-order chi connectivity index (χ0) is 20.5. The van der Waals surface area contributed by atoms with E-state index in [4.69, 9.17) is 4.99 Å². The highest BCUT2D eigenvalue weighted by atomic mass is 32.1. The SMILES string of the molecule is Cc1cc2c(s1)NC1=C(C=CCC1)N=C2N1CCN(C)[C@@H](CCc2ccccc2)C1. The number of aliphatic imine (C=N–C) groups is 1. The lowest BCUT2D eigenvalue weighted by Gasteiger charge is -2.41. The number of likely N-dealkylation sites (N-methyl/N-ethyl adjacent to an activating group) is 1. The molecule has 1 fully saturated rings. The second-order valence-electron chi connectivity index (χ2n) is 8.57. The van der Waals surface area contributed by atoms with Crippen molar-refractivity contribution in [3.63, 3.8) is 0 Å². The van der Waals surface area contributed by atoms with Crippen molar-refractivity contribution in [3.8, 4) is 0 Å². The summed E-state index contributed by atoms with van der Waals surface area (Å²) in [6.45, 7) is 5.33. The molecule has 1 aromatic carbocycles. The number of nitrogens with one attached hydrogen (secondary N) is 1. The Bertz CT molecular complexity index is 1000. The maximum Gasteiger partial charge on any atom is 0.139 e. The Morgan fingerprint density at radius 3 is 2.93 bits per heavy atom.